The minimum absolute atomic E-state index is 0.218. The zero-order valence-corrected chi connectivity index (χ0v) is 20.6. The Hall–Kier alpha value is -1.20. The molecule has 4 N–H and O–H groups in total. The fourth-order valence-electron chi connectivity index (χ4n) is 6.29. The van der Waals surface area contributed by atoms with Crippen LogP contribution in [0, 0.1) is 23.2 Å². The second kappa shape index (κ2) is 9.21. The van der Waals surface area contributed by atoms with Crippen LogP contribution in [0.15, 0.2) is 47.6 Å². The molecule has 0 saturated heterocycles. The Morgan fingerprint density at radius 2 is 1.81 bits per heavy atom. The predicted molar refractivity (Wildman–Crippen MR) is 130 cm³/mol. The minimum Gasteiger partial charge on any atom is -0.393 e. The molecule has 4 nitrogen and oxygen atoms in total. The smallest absolute Gasteiger partial charge is 0.108 e. The van der Waals surface area contributed by atoms with E-state index in [1.165, 1.54) is 24.8 Å². The second-order valence-corrected chi connectivity index (χ2v) is 11.6. The van der Waals surface area contributed by atoms with Crippen molar-refractivity contribution in [1.29, 1.82) is 0 Å². The highest BCUT2D eigenvalue weighted by atomic mass is 16.3. The van der Waals surface area contributed by atoms with E-state index in [9.17, 15) is 20.4 Å². The molecule has 0 amide bonds. The fraction of sp³-hybridized carbons (Fsp3) is 0.714. The van der Waals surface area contributed by atoms with E-state index in [1.807, 2.05) is 0 Å². The molecule has 32 heavy (non-hydrogen) atoms. The van der Waals surface area contributed by atoms with Gasteiger partial charge >= 0.3 is 0 Å². The van der Waals surface area contributed by atoms with Crippen LogP contribution in [0.4, 0.5) is 0 Å². The molecular weight excluding hydrogens is 400 g/mol. The van der Waals surface area contributed by atoms with Crippen molar-refractivity contribution in [2.24, 2.45) is 23.2 Å². The first-order valence-corrected chi connectivity index (χ1v) is 12.4. The zero-order valence-electron chi connectivity index (χ0n) is 20.6. The van der Waals surface area contributed by atoms with Crippen LogP contribution in [-0.4, -0.2) is 43.8 Å². The van der Waals surface area contributed by atoms with Crippen molar-refractivity contribution in [3.05, 3.63) is 47.6 Å². The SMILES string of the molecule is C=C1/C(=C\C=C2/CCC[C@]3(C)[C@@H]2CC[C@H]3[C@@H](C)/C=C/[C@](C)(O)C(C)(C)O)C[C@H](O)C[C@H]1O. The Balaban J connectivity index is 1.78. The number of aliphatic hydroxyl groups excluding tert-OH is 2. The standard InChI is InChI=1S/C28H44O4/c1-18(13-15-28(6,32)26(3,4)31)23-11-12-24-20(8-7-14-27(23,24)5)9-10-21-16-22(29)17-25(30)19(21)2/h9-10,13,15,18,22-25,29-32H,2,7-8,11-12,14,16-17H2,1,3-6H3/b15-13+,20-9+,21-10-/t18-,22-,23-,24+,25+,27-,28-/m0/s1. The average molecular weight is 445 g/mol. The molecular formula is C28H44O4. The van der Waals surface area contributed by atoms with Crippen molar-refractivity contribution in [3.63, 3.8) is 0 Å². The first-order chi connectivity index (χ1) is 14.8. The first kappa shape index (κ1) is 25.4. The summed E-state index contributed by atoms with van der Waals surface area (Å²) in [5.41, 5.74) is 0.958. The molecule has 0 aromatic carbocycles. The predicted octanol–water partition coefficient (Wildman–Crippen LogP) is 4.84. The highest BCUT2D eigenvalue weighted by Crippen LogP contribution is 2.59. The molecule has 0 aromatic rings. The topological polar surface area (TPSA) is 80.9 Å². The molecule has 3 aliphatic carbocycles. The summed E-state index contributed by atoms with van der Waals surface area (Å²) in [4.78, 5) is 0. The molecule has 3 saturated carbocycles. The fourth-order valence-corrected chi connectivity index (χ4v) is 6.29. The lowest BCUT2D eigenvalue weighted by Gasteiger charge is -2.44. The quantitative estimate of drug-likeness (QED) is 0.457. The summed E-state index contributed by atoms with van der Waals surface area (Å²) in [6.07, 6.45) is 13.8. The van der Waals surface area contributed by atoms with Crippen LogP contribution in [0.2, 0.25) is 0 Å². The first-order valence-electron chi connectivity index (χ1n) is 12.4. The van der Waals surface area contributed by atoms with Crippen molar-refractivity contribution >= 4 is 0 Å². The summed E-state index contributed by atoms with van der Waals surface area (Å²) in [7, 11) is 0. The summed E-state index contributed by atoms with van der Waals surface area (Å²) in [6, 6.07) is 0. The van der Waals surface area contributed by atoms with E-state index in [0.717, 1.165) is 24.0 Å². The summed E-state index contributed by atoms with van der Waals surface area (Å²) in [5.74, 6) is 1.39. The Morgan fingerprint density at radius 1 is 1.12 bits per heavy atom. The number of allylic oxidation sites excluding steroid dienone is 4. The van der Waals surface area contributed by atoms with Crippen molar-refractivity contribution in [2.75, 3.05) is 0 Å². The lowest BCUT2D eigenvalue weighted by molar-refractivity contribution is -0.0886. The van der Waals surface area contributed by atoms with Crippen molar-refractivity contribution in [2.45, 2.75) is 103 Å². The van der Waals surface area contributed by atoms with Crippen LogP contribution in [0.25, 0.3) is 0 Å². The van der Waals surface area contributed by atoms with E-state index >= 15 is 0 Å². The van der Waals surface area contributed by atoms with Crippen LogP contribution in [0.1, 0.15) is 79.6 Å². The van der Waals surface area contributed by atoms with Gasteiger partial charge in [-0.05, 0) is 93.6 Å². The largest absolute Gasteiger partial charge is 0.393 e. The Bertz CT molecular complexity index is 797. The number of rotatable bonds is 5. The molecule has 3 rings (SSSR count). The molecule has 0 unspecified atom stereocenters. The van der Waals surface area contributed by atoms with Gasteiger partial charge in [-0.1, -0.05) is 50.3 Å². The van der Waals surface area contributed by atoms with Gasteiger partial charge in [0.25, 0.3) is 0 Å². The molecule has 0 bridgehead atoms. The number of hydrogen-bond donors (Lipinski definition) is 4. The van der Waals surface area contributed by atoms with Gasteiger partial charge in [0.05, 0.1) is 17.8 Å². The van der Waals surface area contributed by atoms with Crippen LogP contribution in [-0.2, 0) is 0 Å². The van der Waals surface area contributed by atoms with E-state index in [0.29, 0.717) is 30.6 Å². The van der Waals surface area contributed by atoms with Crippen LogP contribution < -0.4 is 0 Å². The number of aliphatic hydroxyl groups is 4. The second-order valence-electron chi connectivity index (χ2n) is 11.6. The van der Waals surface area contributed by atoms with Gasteiger partial charge in [-0.15, -0.1) is 0 Å². The summed E-state index contributed by atoms with van der Waals surface area (Å²) in [5, 5.41) is 41.1. The molecule has 0 aliphatic heterocycles. The molecule has 3 aliphatic rings. The van der Waals surface area contributed by atoms with Gasteiger partial charge in [0.15, 0.2) is 0 Å². The van der Waals surface area contributed by atoms with Gasteiger partial charge in [-0.3, -0.25) is 0 Å². The van der Waals surface area contributed by atoms with Gasteiger partial charge in [0, 0.05) is 6.42 Å². The summed E-state index contributed by atoms with van der Waals surface area (Å²) in [6.45, 7) is 13.7. The van der Waals surface area contributed by atoms with E-state index in [2.05, 4.69) is 38.7 Å². The Labute approximate surface area is 194 Å². The van der Waals surface area contributed by atoms with Gasteiger partial charge in [-0.2, -0.15) is 0 Å². The molecule has 4 heteroatoms. The van der Waals surface area contributed by atoms with E-state index in [4.69, 9.17) is 0 Å². The van der Waals surface area contributed by atoms with E-state index in [1.54, 1.807) is 26.8 Å². The summed E-state index contributed by atoms with van der Waals surface area (Å²) >= 11 is 0. The maximum Gasteiger partial charge on any atom is 0.108 e. The molecule has 0 spiro atoms. The third-order valence-electron chi connectivity index (χ3n) is 8.90. The highest BCUT2D eigenvalue weighted by Gasteiger charge is 2.50. The van der Waals surface area contributed by atoms with Gasteiger partial charge in [0.2, 0.25) is 0 Å². The molecule has 3 fully saturated rings. The molecule has 180 valence electrons. The van der Waals surface area contributed by atoms with E-state index in [-0.39, 0.29) is 5.41 Å². The monoisotopic (exact) mass is 444 g/mol. The van der Waals surface area contributed by atoms with Crippen LogP contribution in [0.3, 0.4) is 0 Å². The third-order valence-corrected chi connectivity index (χ3v) is 8.90. The third kappa shape index (κ3) is 4.99. The van der Waals surface area contributed by atoms with Crippen molar-refractivity contribution < 1.29 is 20.4 Å². The highest BCUT2D eigenvalue weighted by molar-refractivity contribution is 5.38. The van der Waals surface area contributed by atoms with Crippen LogP contribution in [0.5, 0.6) is 0 Å². The van der Waals surface area contributed by atoms with Crippen molar-refractivity contribution in [1.82, 2.24) is 0 Å². The normalized spacial score (nSPS) is 39.5. The Kier molecular flexibility index (Phi) is 7.32. The maximum absolute atomic E-state index is 10.6. The lowest BCUT2D eigenvalue weighted by atomic mass is 9.61. The van der Waals surface area contributed by atoms with Gasteiger partial charge < -0.3 is 20.4 Å². The minimum atomic E-state index is -1.26. The summed E-state index contributed by atoms with van der Waals surface area (Å²) < 4.78 is 0. The maximum atomic E-state index is 10.6. The van der Waals surface area contributed by atoms with Crippen molar-refractivity contribution in [3.8, 4) is 0 Å². The van der Waals surface area contributed by atoms with Gasteiger partial charge in [0.1, 0.15) is 5.60 Å². The lowest BCUT2D eigenvalue weighted by Crippen LogP contribution is -2.46. The molecule has 7 atom stereocenters. The molecule has 0 aromatic heterocycles. The number of hydrogen-bond acceptors (Lipinski definition) is 4. The zero-order chi connectivity index (χ0) is 23.9. The van der Waals surface area contributed by atoms with Gasteiger partial charge in [-0.25, -0.2) is 0 Å². The molecule has 0 radical (unpaired) electrons. The van der Waals surface area contributed by atoms with Crippen LogP contribution >= 0.6 is 0 Å². The molecule has 0 heterocycles. The average Bonchev–Trinajstić information content (AvgIpc) is 3.04. The van der Waals surface area contributed by atoms with E-state index < -0.39 is 23.4 Å². The number of fused-ring (bicyclic) bond motifs is 1. The Morgan fingerprint density at radius 3 is 2.47 bits per heavy atom.